The lowest BCUT2D eigenvalue weighted by Gasteiger charge is -2.37. The zero-order chi connectivity index (χ0) is 51.2. The van der Waals surface area contributed by atoms with E-state index >= 15 is 0 Å². The molecule has 0 N–H and O–H groups in total. The molecule has 0 heterocycles. The zero-order valence-electron chi connectivity index (χ0n) is 46.9. The van der Waals surface area contributed by atoms with Gasteiger partial charge in [0.2, 0.25) is 0 Å². The van der Waals surface area contributed by atoms with E-state index in [1.54, 1.807) is 0 Å². The van der Waals surface area contributed by atoms with Crippen LogP contribution in [0.1, 0.15) is 94.2 Å². The molecule has 0 unspecified atom stereocenters. The van der Waals surface area contributed by atoms with Crippen molar-refractivity contribution in [3.63, 3.8) is 0 Å². The minimum atomic E-state index is -2.09. The molecule has 0 saturated heterocycles. The third-order valence-corrected chi connectivity index (χ3v) is 33.7. The Morgan fingerprint density at radius 1 is 0.364 bits per heavy atom. The van der Waals surface area contributed by atoms with Crippen molar-refractivity contribution in [2.75, 3.05) is 26.4 Å². The first-order valence-electron chi connectivity index (χ1n) is 24.1. The fourth-order valence-corrected chi connectivity index (χ4v) is 9.70. The molecule has 0 aliphatic carbocycles. The predicted molar refractivity (Wildman–Crippen MR) is 307 cm³/mol. The third-order valence-electron chi connectivity index (χ3n) is 14.0. The van der Waals surface area contributed by atoms with Gasteiger partial charge in [-0.25, -0.2) is 0 Å². The van der Waals surface area contributed by atoms with Crippen molar-refractivity contribution in [2.45, 2.75) is 195 Å². The lowest BCUT2D eigenvalue weighted by Crippen LogP contribution is -2.42. The number of hydrogen-bond donors (Lipinski definition) is 0. The molecule has 0 atom stereocenters. The predicted octanol–water partition coefficient (Wildman–Crippen LogP) is 16.0. The van der Waals surface area contributed by atoms with Crippen LogP contribution in [0.5, 0.6) is 0 Å². The van der Waals surface area contributed by atoms with Crippen LogP contribution < -0.4 is 0 Å². The van der Waals surface area contributed by atoms with E-state index in [-0.39, 0.29) is 20.2 Å². The van der Waals surface area contributed by atoms with Gasteiger partial charge in [0.1, 0.15) is 16.1 Å². The van der Waals surface area contributed by atoms with Gasteiger partial charge in [-0.15, -0.1) is 11.1 Å². The summed E-state index contributed by atoms with van der Waals surface area (Å²) in [5, 5.41) is 2.50. The fourth-order valence-electron chi connectivity index (χ4n) is 4.89. The van der Waals surface area contributed by atoms with Crippen LogP contribution >= 0.6 is 0 Å². The molecule has 0 aliphatic rings. The second-order valence-electron chi connectivity index (χ2n) is 26.4. The average Bonchev–Trinajstić information content (AvgIpc) is 3.12. The van der Waals surface area contributed by atoms with E-state index < -0.39 is 49.4 Å². The Kier molecular flexibility index (Phi) is 20.0. The molecule has 0 aromatic heterocycles. The van der Waals surface area contributed by atoms with Gasteiger partial charge in [-0.05, 0) is 108 Å². The largest absolute Gasteiger partial charge is 0.412 e. The molecule has 0 saturated carbocycles. The average molecular weight is 998 g/mol. The van der Waals surface area contributed by atoms with E-state index in [0.29, 0.717) is 26.4 Å². The van der Waals surface area contributed by atoms with Crippen LogP contribution in [0.4, 0.5) is 0 Å². The molecular weight excluding hydrogens is 905 g/mol. The highest BCUT2D eigenvalue weighted by Gasteiger charge is 2.40. The van der Waals surface area contributed by atoms with Crippen molar-refractivity contribution < 1.29 is 17.7 Å². The lowest BCUT2D eigenvalue weighted by molar-refractivity contribution is 0.308. The van der Waals surface area contributed by atoms with Gasteiger partial charge in [0.05, 0.1) is 26.4 Å². The summed E-state index contributed by atoms with van der Waals surface area (Å²) in [7, 11) is -11.7. The minimum absolute atomic E-state index is 0.0639. The smallest absolute Gasteiger partial charge is 0.192 e. The van der Waals surface area contributed by atoms with E-state index in [1.807, 2.05) is 0 Å². The summed E-state index contributed by atoms with van der Waals surface area (Å²) < 4.78 is 27.4. The quantitative estimate of drug-likeness (QED) is 0.157. The summed E-state index contributed by atoms with van der Waals surface area (Å²) in [5.74, 6) is 21.5. The number of fused-ring (bicyclic) bond motifs is 1. The van der Waals surface area contributed by atoms with Crippen LogP contribution in [0.25, 0.3) is 10.8 Å². The van der Waals surface area contributed by atoms with Gasteiger partial charge in [0, 0.05) is 33.4 Å². The Bertz CT molecular complexity index is 2180. The topological polar surface area (TPSA) is 36.9 Å². The van der Waals surface area contributed by atoms with E-state index in [2.05, 4.69) is 258 Å². The molecule has 2 rings (SSSR count). The highest BCUT2D eigenvalue weighted by Crippen LogP contribution is 2.40. The van der Waals surface area contributed by atoms with Gasteiger partial charge in [-0.1, -0.05) is 170 Å². The molecule has 2 aromatic carbocycles. The van der Waals surface area contributed by atoms with Crippen molar-refractivity contribution >= 4 is 60.2 Å². The zero-order valence-corrected chi connectivity index (χ0v) is 52.9. The molecule has 66 heavy (non-hydrogen) atoms. The van der Waals surface area contributed by atoms with E-state index in [9.17, 15) is 0 Å². The summed E-state index contributed by atoms with van der Waals surface area (Å²) in [6.07, 6.45) is 0. The van der Waals surface area contributed by atoms with Gasteiger partial charge in [0.15, 0.2) is 33.3 Å². The van der Waals surface area contributed by atoms with Gasteiger partial charge in [0.25, 0.3) is 0 Å². The minimum Gasteiger partial charge on any atom is -0.412 e. The SMILES string of the molecule is CC(C)(C)[Si](C)(C)OC/C(C#Cc1ccc2cc(C#C/C(CO[Si](C)(C)C(C)(C)C)=C(/C#C[Si](C)(C)C)CO[Si](C)(C)C(C)(C)C)ccc2c1)=C(\C#C[Si](C)(C)C)CO[Si](C)(C)C(C)(C)C. The first-order chi connectivity index (χ1) is 29.5. The maximum atomic E-state index is 6.86. The van der Waals surface area contributed by atoms with E-state index in [0.717, 1.165) is 44.2 Å². The van der Waals surface area contributed by atoms with Gasteiger partial charge in [-0.2, -0.15) is 0 Å². The van der Waals surface area contributed by atoms with Crippen LogP contribution in [0.15, 0.2) is 58.7 Å². The summed E-state index contributed by atoms with van der Waals surface area (Å²) >= 11 is 0. The van der Waals surface area contributed by atoms with Crippen molar-refractivity contribution in [2.24, 2.45) is 0 Å². The molecule has 0 aliphatic heterocycles. The Hall–Kier alpha value is -2.44. The monoisotopic (exact) mass is 997 g/mol. The van der Waals surface area contributed by atoms with E-state index in [4.69, 9.17) is 17.7 Å². The molecule has 0 fully saturated rings. The molecule has 364 valence electrons. The summed E-state index contributed by atoms with van der Waals surface area (Å²) in [6, 6.07) is 12.9. The Morgan fingerprint density at radius 2 is 0.591 bits per heavy atom. The normalized spacial score (nSPS) is 14.4. The highest BCUT2D eigenvalue weighted by molar-refractivity contribution is 6.84. The third kappa shape index (κ3) is 18.8. The molecular formula is C56H92O4Si6. The van der Waals surface area contributed by atoms with Crippen LogP contribution in [0.3, 0.4) is 0 Å². The number of hydrogen-bond acceptors (Lipinski definition) is 4. The molecule has 2 aromatic rings. The van der Waals surface area contributed by atoms with E-state index in [1.165, 1.54) is 0 Å². The first kappa shape index (κ1) is 59.7. The molecule has 0 bridgehead atoms. The highest BCUT2D eigenvalue weighted by atomic mass is 28.4. The van der Waals surface area contributed by atoms with Crippen molar-refractivity contribution in [1.82, 2.24) is 0 Å². The van der Waals surface area contributed by atoms with Crippen LogP contribution in [0.2, 0.25) is 112 Å². The summed E-state index contributed by atoms with van der Waals surface area (Å²) in [5.41, 5.74) is 12.9. The lowest BCUT2D eigenvalue weighted by atomic mass is 10.0. The number of rotatable bonds is 12. The Labute approximate surface area is 413 Å². The second kappa shape index (κ2) is 22.1. The molecule has 4 nitrogen and oxygen atoms in total. The summed E-state index contributed by atoms with van der Waals surface area (Å²) in [4.78, 5) is 0. The second-order valence-corrected chi connectivity index (χ2v) is 55.1. The molecule has 0 radical (unpaired) electrons. The van der Waals surface area contributed by atoms with Gasteiger partial charge >= 0.3 is 0 Å². The Balaban J connectivity index is 2.82. The number of benzene rings is 2. The summed E-state index contributed by atoms with van der Waals surface area (Å²) in [6.45, 7) is 61.1. The van der Waals surface area contributed by atoms with Crippen molar-refractivity contribution in [3.8, 4) is 46.6 Å². The molecule has 0 spiro atoms. The standard InChI is InChI=1S/C56H92O4Si6/c1-53(2,3)63(19,20)57-41-49(51(35-37-61(13,14)15)43-59-65(23,24)55(7,8)9)33-29-45-27-31-48-40-46(28-32-47(48)39-45)30-34-50(42-58-64(21,22)54(4,5)6)52(36-38-62(16,17)18)44-60-66(25,26)56(10,11)12/h27-28,31-32,39-40H,41-44H2,1-26H3/b51-49+,52-50+. The van der Waals surface area contributed by atoms with Crippen LogP contribution in [-0.4, -0.2) is 75.8 Å². The van der Waals surface area contributed by atoms with Crippen molar-refractivity contribution in [1.29, 1.82) is 0 Å². The van der Waals surface area contributed by atoms with Gasteiger partial charge in [-0.3, -0.25) is 0 Å². The maximum absolute atomic E-state index is 6.86. The van der Waals surface area contributed by atoms with Crippen LogP contribution in [0, 0.1) is 46.6 Å². The molecule has 0 amide bonds. The molecule has 10 heteroatoms. The maximum Gasteiger partial charge on any atom is 0.192 e. The fraction of sp³-hybridized carbons (Fsp3) is 0.607. The Morgan fingerprint density at radius 3 is 0.803 bits per heavy atom. The first-order valence-corrected chi connectivity index (χ1v) is 42.7. The van der Waals surface area contributed by atoms with Gasteiger partial charge < -0.3 is 17.7 Å². The van der Waals surface area contributed by atoms with Crippen LogP contribution in [-0.2, 0) is 17.7 Å². The van der Waals surface area contributed by atoms with Crippen molar-refractivity contribution in [3.05, 3.63) is 69.8 Å².